The summed E-state index contributed by atoms with van der Waals surface area (Å²) in [6, 6.07) is 8.76. The summed E-state index contributed by atoms with van der Waals surface area (Å²) in [6.07, 6.45) is 3.93. The van der Waals surface area contributed by atoms with E-state index in [1.807, 2.05) is 0 Å². The molecule has 0 radical (unpaired) electrons. The van der Waals surface area contributed by atoms with Gasteiger partial charge in [-0.25, -0.2) is 0 Å². The zero-order valence-electron chi connectivity index (χ0n) is 12.2. The Kier molecular flexibility index (Phi) is 7.51. The minimum atomic E-state index is 1.07. The Morgan fingerprint density at radius 3 is 2.61 bits per heavy atom. The van der Waals surface area contributed by atoms with E-state index < -0.39 is 0 Å². The molecule has 2 heteroatoms. The summed E-state index contributed by atoms with van der Waals surface area (Å²) in [5, 5.41) is 3.53. The number of hydrogen-bond acceptors (Lipinski definition) is 2. The molecule has 0 aromatic heterocycles. The molecule has 0 bridgehead atoms. The van der Waals surface area contributed by atoms with Crippen molar-refractivity contribution in [2.45, 2.75) is 40.0 Å². The normalized spacial score (nSPS) is 10.6. The number of nitrogens with one attached hydrogen (secondary N) is 1. The van der Waals surface area contributed by atoms with Gasteiger partial charge < -0.3 is 10.2 Å². The van der Waals surface area contributed by atoms with E-state index in [4.69, 9.17) is 0 Å². The number of hydrogen-bond donors (Lipinski definition) is 1. The van der Waals surface area contributed by atoms with Crippen molar-refractivity contribution in [3.8, 4) is 0 Å². The third-order valence-electron chi connectivity index (χ3n) is 3.26. The van der Waals surface area contributed by atoms with Gasteiger partial charge in [-0.15, -0.1) is 0 Å². The minimum Gasteiger partial charge on any atom is -0.371 e. The lowest BCUT2D eigenvalue weighted by Gasteiger charge is -2.23. The van der Waals surface area contributed by atoms with Crippen molar-refractivity contribution in [2.75, 3.05) is 31.1 Å². The van der Waals surface area contributed by atoms with Gasteiger partial charge in [0.25, 0.3) is 0 Å². The number of anilines is 1. The van der Waals surface area contributed by atoms with Crippen molar-refractivity contribution in [2.24, 2.45) is 0 Å². The molecule has 0 fully saturated rings. The van der Waals surface area contributed by atoms with Crippen molar-refractivity contribution in [3.63, 3.8) is 0 Å². The molecule has 0 saturated heterocycles. The summed E-state index contributed by atoms with van der Waals surface area (Å²) < 4.78 is 0. The number of nitrogens with zero attached hydrogens (tertiary/aromatic N) is 1. The summed E-state index contributed by atoms with van der Waals surface area (Å²) in [4.78, 5) is 2.43. The molecule has 18 heavy (non-hydrogen) atoms. The van der Waals surface area contributed by atoms with E-state index in [1.165, 1.54) is 30.5 Å². The van der Waals surface area contributed by atoms with Crippen LogP contribution in [0.1, 0.15) is 38.7 Å². The Bertz CT molecular complexity index is 323. The number of aryl methyl sites for hydroxylation is 1. The molecular formula is C16H28N2. The largest absolute Gasteiger partial charge is 0.371 e. The molecule has 0 heterocycles. The highest BCUT2D eigenvalue weighted by atomic mass is 15.1. The van der Waals surface area contributed by atoms with E-state index in [0.29, 0.717) is 0 Å². The number of benzene rings is 1. The van der Waals surface area contributed by atoms with Gasteiger partial charge in [0.1, 0.15) is 0 Å². The molecule has 1 aromatic rings. The molecule has 0 aliphatic carbocycles. The van der Waals surface area contributed by atoms with Gasteiger partial charge in [-0.05, 0) is 44.5 Å². The third-order valence-corrected chi connectivity index (χ3v) is 3.26. The molecule has 1 rings (SSSR count). The first-order chi connectivity index (χ1) is 8.77. The van der Waals surface area contributed by atoms with E-state index in [9.17, 15) is 0 Å². The predicted octanol–water partition coefficient (Wildman–Crippen LogP) is 3.60. The van der Waals surface area contributed by atoms with Crippen molar-refractivity contribution in [1.29, 1.82) is 0 Å². The van der Waals surface area contributed by atoms with Crippen LogP contribution >= 0.6 is 0 Å². The number of rotatable bonds is 9. The lowest BCUT2D eigenvalue weighted by molar-refractivity contribution is 0.610. The second-order valence-corrected chi connectivity index (χ2v) is 4.88. The first-order valence-corrected chi connectivity index (χ1v) is 7.30. The number of unbranched alkanes of at least 4 members (excludes halogenated alkanes) is 2. The van der Waals surface area contributed by atoms with Gasteiger partial charge in [0.15, 0.2) is 0 Å². The van der Waals surface area contributed by atoms with E-state index in [-0.39, 0.29) is 0 Å². The molecule has 0 amide bonds. The van der Waals surface area contributed by atoms with Gasteiger partial charge in [-0.2, -0.15) is 0 Å². The van der Waals surface area contributed by atoms with E-state index >= 15 is 0 Å². The van der Waals surface area contributed by atoms with E-state index in [1.54, 1.807) is 0 Å². The molecule has 0 unspecified atom stereocenters. The SMILES string of the molecule is CCCCCNCCN(CC)c1cccc(C)c1. The minimum absolute atomic E-state index is 1.07. The maximum absolute atomic E-state index is 3.53. The van der Waals surface area contributed by atoms with Crippen LogP contribution in [0.15, 0.2) is 24.3 Å². The summed E-state index contributed by atoms with van der Waals surface area (Å²) in [7, 11) is 0. The summed E-state index contributed by atoms with van der Waals surface area (Å²) >= 11 is 0. The Balaban J connectivity index is 2.29. The molecule has 2 nitrogen and oxygen atoms in total. The molecular weight excluding hydrogens is 220 g/mol. The molecule has 0 aliphatic heterocycles. The lowest BCUT2D eigenvalue weighted by atomic mass is 10.2. The zero-order valence-corrected chi connectivity index (χ0v) is 12.2. The van der Waals surface area contributed by atoms with Gasteiger partial charge in [-0.1, -0.05) is 31.9 Å². The third kappa shape index (κ3) is 5.54. The maximum atomic E-state index is 3.53. The van der Waals surface area contributed by atoms with Gasteiger partial charge in [0.05, 0.1) is 0 Å². The lowest BCUT2D eigenvalue weighted by Crippen LogP contribution is -2.32. The summed E-state index contributed by atoms with van der Waals surface area (Å²) in [6.45, 7) is 11.0. The molecule has 1 N–H and O–H groups in total. The van der Waals surface area contributed by atoms with Gasteiger partial charge in [-0.3, -0.25) is 0 Å². The van der Waals surface area contributed by atoms with E-state index in [0.717, 1.165) is 26.2 Å². The fourth-order valence-corrected chi connectivity index (χ4v) is 2.13. The Labute approximate surface area is 112 Å². The molecule has 1 aromatic carbocycles. The predicted molar refractivity (Wildman–Crippen MR) is 81.5 cm³/mol. The Morgan fingerprint density at radius 1 is 1.11 bits per heavy atom. The van der Waals surface area contributed by atoms with Crippen LogP contribution < -0.4 is 10.2 Å². The van der Waals surface area contributed by atoms with Gasteiger partial charge >= 0.3 is 0 Å². The molecule has 102 valence electrons. The highest BCUT2D eigenvalue weighted by Gasteiger charge is 2.03. The topological polar surface area (TPSA) is 15.3 Å². The second-order valence-electron chi connectivity index (χ2n) is 4.88. The van der Waals surface area contributed by atoms with Crippen LogP contribution in [0.2, 0.25) is 0 Å². The van der Waals surface area contributed by atoms with Crippen molar-refractivity contribution in [3.05, 3.63) is 29.8 Å². The van der Waals surface area contributed by atoms with Crippen LogP contribution in [0.3, 0.4) is 0 Å². The zero-order chi connectivity index (χ0) is 13.2. The molecule has 0 aliphatic rings. The summed E-state index contributed by atoms with van der Waals surface area (Å²) in [5.74, 6) is 0. The molecule has 0 atom stereocenters. The highest BCUT2D eigenvalue weighted by Crippen LogP contribution is 2.14. The van der Waals surface area contributed by atoms with Crippen LogP contribution in [0.4, 0.5) is 5.69 Å². The average Bonchev–Trinajstić information content (AvgIpc) is 2.38. The average molecular weight is 248 g/mol. The first-order valence-electron chi connectivity index (χ1n) is 7.30. The first kappa shape index (κ1) is 15.0. The quantitative estimate of drug-likeness (QED) is 0.672. The van der Waals surface area contributed by atoms with Crippen LogP contribution in [-0.2, 0) is 0 Å². The monoisotopic (exact) mass is 248 g/mol. The Morgan fingerprint density at radius 2 is 1.94 bits per heavy atom. The molecule has 0 saturated carbocycles. The fraction of sp³-hybridized carbons (Fsp3) is 0.625. The highest BCUT2D eigenvalue weighted by molar-refractivity contribution is 5.48. The van der Waals surface area contributed by atoms with Crippen molar-refractivity contribution >= 4 is 5.69 Å². The van der Waals surface area contributed by atoms with Crippen LogP contribution in [-0.4, -0.2) is 26.2 Å². The summed E-state index contributed by atoms with van der Waals surface area (Å²) in [5.41, 5.74) is 2.68. The van der Waals surface area contributed by atoms with Crippen LogP contribution in [0.5, 0.6) is 0 Å². The number of likely N-dealkylation sites (N-methyl/N-ethyl adjacent to an activating group) is 1. The Hall–Kier alpha value is -1.02. The van der Waals surface area contributed by atoms with Crippen molar-refractivity contribution < 1.29 is 0 Å². The van der Waals surface area contributed by atoms with E-state index in [2.05, 4.69) is 55.3 Å². The maximum Gasteiger partial charge on any atom is 0.0369 e. The van der Waals surface area contributed by atoms with Crippen LogP contribution in [0, 0.1) is 6.92 Å². The standard InChI is InChI=1S/C16H28N2/c1-4-6-7-11-17-12-13-18(5-2)16-10-8-9-15(3)14-16/h8-10,14,17H,4-7,11-13H2,1-3H3. The van der Waals surface area contributed by atoms with Crippen LogP contribution in [0.25, 0.3) is 0 Å². The van der Waals surface area contributed by atoms with Gasteiger partial charge in [0.2, 0.25) is 0 Å². The fourth-order valence-electron chi connectivity index (χ4n) is 2.13. The second kappa shape index (κ2) is 8.98. The smallest absolute Gasteiger partial charge is 0.0369 e. The van der Waals surface area contributed by atoms with Crippen molar-refractivity contribution in [1.82, 2.24) is 5.32 Å². The molecule has 0 spiro atoms. The van der Waals surface area contributed by atoms with Gasteiger partial charge in [0, 0.05) is 25.3 Å².